The van der Waals surface area contributed by atoms with E-state index in [0.29, 0.717) is 67.6 Å². The molecule has 6 aliphatic rings. The summed E-state index contributed by atoms with van der Waals surface area (Å²) in [5.41, 5.74) is 1.26. The molecule has 8 amide bonds. The van der Waals surface area contributed by atoms with Crippen LogP contribution in [-0.2, 0) is 60.9 Å². The van der Waals surface area contributed by atoms with Crippen molar-refractivity contribution in [1.82, 2.24) is 61.0 Å². The zero-order valence-electron chi connectivity index (χ0n) is 67.9. The fourth-order valence-electron chi connectivity index (χ4n) is 15.5. The number of alkyl carbamates (subject to hydrolysis) is 2. The van der Waals surface area contributed by atoms with E-state index in [1.54, 1.807) is 103 Å². The molecule has 0 radical (unpaired) electrons. The monoisotopic (exact) mass is 1650 g/mol. The number of benzene rings is 2. The molecule has 6 fully saturated rings. The summed E-state index contributed by atoms with van der Waals surface area (Å²) in [6, 6.07) is 9.51. The minimum absolute atomic E-state index is 0.00774. The van der Waals surface area contributed by atoms with Gasteiger partial charge in [0.1, 0.15) is 82.1 Å². The molecule has 34 nitrogen and oxygen atoms in total. The zero-order chi connectivity index (χ0) is 84.0. The molecule has 6 aromatic rings. The van der Waals surface area contributed by atoms with Gasteiger partial charge in [-0.15, -0.1) is 13.2 Å². The Morgan fingerprint density at radius 2 is 0.974 bits per heavy atom. The fourth-order valence-corrected chi connectivity index (χ4v) is 19.6. The number of likely N-dealkylation sites (tertiary alicyclic amines) is 2. The van der Waals surface area contributed by atoms with Crippen molar-refractivity contribution in [2.75, 3.05) is 57.8 Å². The van der Waals surface area contributed by atoms with Crippen LogP contribution in [0.2, 0.25) is 0 Å². The highest BCUT2D eigenvalue weighted by Crippen LogP contribution is 2.73. The highest BCUT2D eigenvalue weighted by molar-refractivity contribution is 7.56. The standard InChI is InChI=1S/C41H56N7O10P.C39H52N7O10P/c1-9-25-21-41(25,59(53,55-10-2)56-11-3)47-36(50)33-19-28(23-48(33)37(51)35(40(5,6)7)46-39(52)58-26-14-12-13-15-26)57-34-20-31(32-22-42-38(45-32)43-24(4)49)44-30-18-27(54-8)16-17-29(30)34;1-8-23-19-39(23,57(51,52)54-9-2)45-34(48)31-17-26(21-46(31)35(49)33(38(4,5)6)44-37(50)56-24-12-10-11-13-24)55-32-18-29(30-20-40-36(43-30)41-22(3)47)42-28-16-25(53-7)14-15-27(28)32/h9,16-18,20,22,25-26,28,33,35H,1,10-15,19,21,23H2,2-8H3,(H,46,52)(H,47,50)(H2,42,43,45,49);8,14-16,18,20,23-24,26,31,33H,1,9-13,17,19,21H2,2-7H3,(H,44,50)(H,45,48)(H,51,52)(H2,40,41,43,47)/t25-,28-,33+,35-,41+;23-,26-,31+,33-,39+/m11/s1. The first-order valence-electron chi connectivity index (χ1n) is 39.3. The number of carbonyl (C=O) groups is 8. The molecule has 0 bridgehead atoms. The largest absolute Gasteiger partial charge is 0.497 e. The van der Waals surface area contributed by atoms with Gasteiger partial charge in [0.05, 0.1) is 93.3 Å². The van der Waals surface area contributed by atoms with Crippen molar-refractivity contribution >= 4 is 96.5 Å². The van der Waals surface area contributed by atoms with Crippen LogP contribution in [0.4, 0.5) is 21.5 Å². The Bertz CT molecular complexity index is 4770. The molecule has 6 heterocycles. The third-order valence-corrected chi connectivity index (χ3v) is 26.6. The maximum atomic E-state index is 14.8. The second kappa shape index (κ2) is 35.9. The van der Waals surface area contributed by atoms with Crippen molar-refractivity contribution in [3.05, 3.63) is 86.2 Å². The number of aromatic amines is 2. The number of hydrogen-bond donors (Lipinski definition) is 9. The van der Waals surface area contributed by atoms with E-state index in [1.165, 1.54) is 49.2 Å². The number of nitrogens with zero attached hydrogens (tertiary/aromatic N) is 6. The third-order valence-electron chi connectivity index (χ3n) is 21.5. The number of amides is 8. The van der Waals surface area contributed by atoms with Gasteiger partial charge in [-0.05, 0) is 120 Å². The van der Waals surface area contributed by atoms with E-state index in [2.05, 4.69) is 65.0 Å². The van der Waals surface area contributed by atoms with E-state index in [0.717, 1.165) is 51.4 Å². The maximum Gasteiger partial charge on any atom is 0.408 e. The second-order valence-corrected chi connectivity index (χ2v) is 36.5. The van der Waals surface area contributed by atoms with E-state index in [9.17, 15) is 52.4 Å². The Morgan fingerprint density at radius 1 is 0.586 bits per heavy atom. The lowest BCUT2D eigenvalue weighted by Crippen LogP contribution is -2.58. The zero-order valence-corrected chi connectivity index (χ0v) is 69.7. The van der Waals surface area contributed by atoms with E-state index < -0.39 is 121 Å². The first-order valence-corrected chi connectivity index (χ1v) is 42.4. The summed E-state index contributed by atoms with van der Waals surface area (Å²) in [7, 11) is -5.20. The van der Waals surface area contributed by atoms with Gasteiger partial charge in [0.25, 0.3) is 0 Å². The summed E-state index contributed by atoms with van der Waals surface area (Å²) in [4.78, 5) is 146. The molecule has 2 saturated heterocycles. The number of H-pyrrole nitrogens is 2. The summed E-state index contributed by atoms with van der Waals surface area (Å²) in [5, 5.41) is 14.8. The number of methoxy groups -OCH3 is 2. The lowest BCUT2D eigenvalue weighted by Gasteiger charge is -2.36. The number of pyridine rings is 2. The Labute approximate surface area is 673 Å². The van der Waals surface area contributed by atoms with E-state index in [1.807, 2.05) is 20.8 Å². The molecular weight excluding hydrogens is 1540 g/mol. The van der Waals surface area contributed by atoms with Crippen LogP contribution in [0.3, 0.4) is 0 Å². The normalized spacial score (nSPS) is 23.0. The summed E-state index contributed by atoms with van der Waals surface area (Å²) >= 11 is 0. The van der Waals surface area contributed by atoms with E-state index in [4.69, 9.17) is 52.0 Å². The summed E-state index contributed by atoms with van der Waals surface area (Å²) in [6.45, 7) is 26.2. The van der Waals surface area contributed by atoms with Crippen LogP contribution in [0.5, 0.6) is 23.0 Å². The summed E-state index contributed by atoms with van der Waals surface area (Å²) < 4.78 is 80.2. The average molecular weight is 1650 g/mol. The third kappa shape index (κ3) is 19.5. The van der Waals surface area contributed by atoms with Gasteiger partial charge in [-0.3, -0.25) is 48.5 Å². The Hall–Kier alpha value is -9.98. The molecule has 1 unspecified atom stereocenters. The van der Waals surface area contributed by atoms with Crippen LogP contribution >= 0.6 is 15.2 Å². The van der Waals surface area contributed by atoms with Crippen molar-refractivity contribution in [2.24, 2.45) is 22.7 Å². The SMILES string of the molecule is C=C[C@@H]1C[C@]1(NC(=O)[C@@H]1C[C@@H](Oc2cc(-c3cnc(NC(C)=O)[nH]3)nc3cc(OC)ccc23)CN1C(=O)[C@@H](NC(=O)OC1CCCC1)C(C)(C)C)P(=O)(O)OCC.C=C[C@@H]1C[C@]1(NC(=O)[C@@H]1C[C@@H](Oc2cc(-c3cnc(NC(C)=O)[nH]3)nc3cc(OC)ccc23)CN1C(=O)[C@@H](NC(=O)OC1CCCC1)C(C)(C)C)P(=O)(OCC)OCC. The van der Waals surface area contributed by atoms with Crippen LogP contribution in [0.1, 0.15) is 153 Å². The molecule has 11 atom stereocenters. The van der Waals surface area contributed by atoms with Crippen LogP contribution < -0.4 is 50.8 Å². The summed E-state index contributed by atoms with van der Waals surface area (Å²) in [5.74, 6) is -1.54. The van der Waals surface area contributed by atoms with Gasteiger partial charge in [0.15, 0.2) is 0 Å². The number of hydrogen-bond acceptors (Lipinski definition) is 23. The average Bonchev–Trinajstić information content (AvgIpc) is 1.53. The van der Waals surface area contributed by atoms with Crippen LogP contribution in [0.15, 0.2) is 86.2 Å². The van der Waals surface area contributed by atoms with Crippen molar-refractivity contribution in [3.8, 4) is 45.8 Å². The molecule has 2 aliphatic heterocycles. The smallest absolute Gasteiger partial charge is 0.408 e. The molecule has 4 saturated carbocycles. The summed E-state index contributed by atoms with van der Waals surface area (Å²) in [6.07, 6.45) is 10.00. The van der Waals surface area contributed by atoms with Crippen molar-refractivity contribution < 1.29 is 94.4 Å². The Morgan fingerprint density at radius 3 is 1.33 bits per heavy atom. The first-order chi connectivity index (χ1) is 55.0. The van der Waals surface area contributed by atoms with Crippen molar-refractivity contribution in [3.63, 3.8) is 0 Å². The van der Waals surface area contributed by atoms with Gasteiger partial charge in [-0.2, -0.15) is 0 Å². The molecule has 9 N–H and O–H groups in total. The van der Waals surface area contributed by atoms with Crippen LogP contribution in [0, 0.1) is 22.7 Å². The van der Waals surface area contributed by atoms with Crippen LogP contribution in [0.25, 0.3) is 44.6 Å². The highest BCUT2D eigenvalue weighted by Gasteiger charge is 2.69. The number of rotatable bonds is 30. The number of aromatic nitrogens is 6. The number of carbonyl (C=O) groups excluding carboxylic acids is 8. The first kappa shape index (κ1) is 86.9. The number of imidazole rings is 2. The Kier molecular flexibility index (Phi) is 26.9. The van der Waals surface area contributed by atoms with E-state index >= 15 is 0 Å². The molecule has 2 aromatic carbocycles. The van der Waals surface area contributed by atoms with Gasteiger partial charge in [0.2, 0.25) is 47.3 Å². The quantitative estimate of drug-likeness (QED) is 0.0149. The number of anilines is 2. The molecule has 116 heavy (non-hydrogen) atoms. The molecule has 4 aliphatic carbocycles. The molecule has 628 valence electrons. The van der Waals surface area contributed by atoms with Gasteiger partial charge in [-0.1, -0.05) is 53.7 Å². The number of nitrogens with one attached hydrogen (secondary N) is 8. The molecular formula is C80H108N14O20P2. The van der Waals surface area contributed by atoms with Crippen molar-refractivity contribution in [2.45, 2.75) is 212 Å². The lowest BCUT2D eigenvalue weighted by atomic mass is 9.85. The van der Waals surface area contributed by atoms with Gasteiger partial charge >= 0.3 is 27.4 Å². The molecule has 36 heteroatoms. The van der Waals surface area contributed by atoms with Gasteiger partial charge in [0, 0.05) is 73.6 Å². The van der Waals surface area contributed by atoms with Crippen molar-refractivity contribution in [1.29, 1.82) is 0 Å². The number of fused-ring (bicyclic) bond motifs is 2. The minimum Gasteiger partial charge on any atom is -0.497 e. The highest BCUT2D eigenvalue weighted by atomic mass is 31.2. The second-order valence-electron chi connectivity index (χ2n) is 32.1. The van der Waals surface area contributed by atoms with Gasteiger partial charge in [-0.25, -0.2) is 29.5 Å². The van der Waals surface area contributed by atoms with E-state index in [-0.39, 0.29) is 94.5 Å². The maximum absolute atomic E-state index is 14.8. The molecule has 4 aromatic heterocycles. The Balaban J connectivity index is 0.000000228. The topological polar surface area (TPSA) is 436 Å². The predicted octanol–water partition coefficient (Wildman–Crippen LogP) is 11.6. The van der Waals surface area contributed by atoms with Crippen LogP contribution in [-0.4, -0.2) is 198 Å². The minimum atomic E-state index is -4.38. The molecule has 12 rings (SSSR count). The number of ether oxygens (including phenoxy) is 6. The lowest BCUT2D eigenvalue weighted by molar-refractivity contribution is -0.142. The fraction of sp³-hybridized carbons (Fsp3) is 0.550. The molecule has 0 spiro atoms. The predicted molar refractivity (Wildman–Crippen MR) is 430 cm³/mol. The van der Waals surface area contributed by atoms with Gasteiger partial charge < -0.3 is 87.9 Å².